The molecule has 2 aromatic heterocycles. The molecule has 1 amide bonds. The van der Waals surface area contributed by atoms with Crippen LogP contribution >= 0.6 is 0 Å². The number of imidazole rings is 1. The van der Waals surface area contributed by atoms with Gasteiger partial charge in [0.15, 0.2) is 0 Å². The second-order valence-corrected chi connectivity index (χ2v) is 7.94. The van der Waals surface area contributed by atoms with Crippen LogP contribution in [0.1, 0.15) is 36.6 Å². The molecule has 2 fully saturated rings. The maximum Gasteiger partial charge on any atom is 0.490 e. The van der Waals surface area contributed by atoms with E-state index >= 15 is 0 Å². The second-order valence-electron chi connectivity index (χ2n) is 7.94. The van der Waals surface area contributed by atoms with E-state index in [-0.39, 0.29) is 17.4 Å². The molecule has 0 aromatic carbocycles. The van der Waals surface area contributed by atoms with Gasteiger partial charge in [-0.2, -0.15) is 18.3 Å². The van der Waals surface area contributed by atoms with Crippen molar-refractivity contribution in [2.24, 2.45) is 14.1 Å². The Labute approximate surface area is 176 Å². The summed E-state index contributed by atoms with van der Waals surface area (Å²) < 4.78 is 35.6. The molecular formula is C19H25F3N6O3. The van der Waals surface area contributed by atoms with Crippen LogP contribution in [-0.2, 0) is 30.2 Å². The average molecular weight is 442 g/mol. The summed E-state index contributed by atoms with van der Waals surface area (Å²) in [5.74, 6) is -1.27. The van der Waals surface area contributed by atoms with Crippen molar-refractivity contribution in [2.45, 2.75) is 43.4 Å². The molecule has 2 aromatic rings. The first-order valence-electron chi connectivity index (χ1n) is 9.78. The van der Waals surface area contributed by atoms with Gasteiger partial charge in [0, 0.05) is 63.7 Å². The molecule has 2 N–H and O–H groups in total. The summed E-state index contributed by atoms with van der Waals surface area (Å²) in [6.07, 6.45) is 5.23. The number of hydrogen-bond acceptors (Lipinski definition) is 5. The summed E-state index contributed by atoms with van der Waals surface area (Å²) >= 11 is 0. The van der Waals surface area contributed by atoms with Gasteiger partial charge in [-0.1, -0.05) is 0 Å². The molecule has 1 atom stereocenters. The van der Waals surface area contributed by atoms with Crippen molar-refractivity contribution >= 4 is 11.9 Å². The fourth-order valence-corrected chi connectivity index (χ4v) is 4.19. The van der Waals surface area contributed by atoms with E-state index in [0.29, 0.717) is 6.42 Å². The highest BCUT2D eigenvalue weighted by atomic mass is 19.4. The second kappa shape index (κ2) is 8.69. The summed E-state index contributed by atoms with van der Waals surface area (Å²) in [6, 6.07) is 0. The van der Waals surface area contributed by atoms with E-state index in [4.69, 9.17) is 9.90 Å². The zero-order chi connectivity index (χ0) is 22.8. The zero-order valence-corrected chi connectivity index (χ0v) is 17.3. The van der Waals surface area contributed by atoms with Gasteiger partial charge in [0.05, 0.1) is 12.7 Å². The molecular weight excluding hydrogens is 417 g/mol. The monoisotopic (exact) mass is 442 g/mol. The lowest BCUT2D eigenvalue weighted by atomic mass is 9.75. The van der Waals surface area contributed by atoms with Gasteiger partial charge in [0.1, 0.15) is 5.82 Å². The lowest BCUT2D eigenvalue weighted by molar-refractivity contribution is -0.192. The van der Waals surface area contributed by atoms with Crippen molar-refractivity contribution in [2.75, 3.05) is 13.1 Å². The molecule has 0 radical (unpaired) electrons. The number of alkyl halides is 3. The van der Waals surface area contributed by atoms with E-state index in [9.17, 15) is 18.0 Å². The largest absolute Gasteiger partial charge is 0.490 e. The number of carboxylic acids is 1. The number of carbonyl (C=O) groups excluding carboxylic acids is 1. The van der Waals surface area contributed by atoms with E-state index in [1.807, 2.05) is 43.6 Å². The van der Waals surface area contributed by atoms with Crippen molar-refractivity contribution in [1.29, 1.82) is 0 Å². The van der Waals surface area contributed by atoms with E-state index in [2.05, 4.69) is 24.9 Å². The minimum atomic E-state index is -5.08. The van der Waals surface area contributed by atoms with Crippen molar-refractivity contribution in [3.63, 3.8) is 0 Å². The van der Waals surface area contributed by atoms with Crippen LogP contribution < -0.4 is 5.32 Å². The third-order valence-electron chi connectivity index (χ3n) is 5.85. The first kappa shape index (κ1) is 22.8. The lowest BCUT2D eigenvalue weighted by Crippen LogP contribution is -2.53. The van der Waals surface area contributed by atoms with Crippen molar-refractivity contribution in [3.05, 3.63) is 36.2 Å². The fraction of sp³-hybridized carbons (Fsp3) is 0.579. The molecule has 12 heteroatoms. The van der Waals surface area contributed by atoms with Gasteiger partial charge < -0.3 is 15.0 Å². The number of aliphatic carboxylic acids is 1. The van der Waals surface area contributed by atoms with Gasteiger partial charge >= 0.3 is 12.1 Å². The fourth-order valence-electron chi connectivity index (χ4n) is 4.19. The first-order valence-corrected chi connectivity index (χ1v) is 9.78. The smallest absolute Gasteiger partial charge is 0.475 e. The van der Waals surface area contributed by atoms with Crippen LogP contribution in [0.25, 0.3) is 0 Å². The van der Waals surface area contributed by atoms with Gasteiger partial charge in [-0.15, -0.1) is 0 Å². The highest BCUT2D eigenvalue weighted by molar-refractivity contribution is 5.81. The number of aromatic nitrogens is 4. The Morgan fingerprint density at radius 3 is 2.45 bits per heavy atom. The van der Waals surface area contributed by atoms with Crippen LogP contribution in [-0.4, -0.2) is 66.0 Å². The predicted octanol–water partition coefficient (Wildman–Crippen LogP) is 1.43. The Balaban J connectivity index is 0.000000339. The maximum absolute atomic E-state index is 12.1. The third-order valence-corrected chi connectivity index (χ3v) is 5.85. The minimum absolute atomic E-state index is 0.113. The molecule has 0 bridgehead atoms. The topological polar surface area (TPSA) is 105 Å². The average Bonchev–Trinajstić information content (AvgIpc) is 3.37. The molecule has 2 aliphatic heterocycles. The predicted molar refractivity (Wildman–Crippen MR) is 103 cm³/mol. The number of nitrogens with zero attached hydrogens (tertiary/aromatic N) is 5. The van der Waals surface area contributed by atoms with Crippen molar-refractivity contribution in [1.82, 2.24) is 29.5 Å². The van der Waals surface area contributed by atoms with Crippen LogP contribution in [0.4, 0.5) is 13.2 Å². The standard InChI is InChI=1S/C17H24N6O.C2HF3O2/c1-21-8-5-18-15(21)12-23-6-3-17(4-7-23)14(9-16(24)20-17)13-10-19-22(2)11-13;3-2(4,5)1(6)7/h5,8,10-11,14H,3-4,6-7,9,12H2,1-2H3,(H,20,24);(H,6,7). The summed E-state index contributed by atoms with van der Waals surface area (Å²) in [4.78, 5) is 27.9. The van der Waals surface area contributed by atoms with E-state index in [1.165, 1.54) is 5.56 Å². The quantitative estimate of drug-likeness (QED) is 0.745. The highest BCUT2D eigenvalue weighted by Crippen LogP contribution is 2.43. The Hall–Kier alpha value is -2.89. The van der Waals surface area contributed by atoms with Gasteiger partial charge in [-0.05, 0) is 18.4 Å². The van der Waals surface area contributed by atoms with Gasteiger partial charge in [0.25, 0.3) is 0 Å². The maximum atomic E-state index is 12.1. The van der Waals surface area contributed by atoms with Gasteiger partial charge in [0.2, 0.25) is 5.91 Å². The molecule has 1 unspecified atom stereocenters. The molecule has 170 valence electrons. The molecule has 2 saturated heterocycles. The number of likely N-dealkylation sites (tertiary alicyclic amines) is 1. The Bertz CT molecular complexity index is 930. The van der Waals surface area contributed by atoms with E-state index in [1.54, 1.807) is 0 Å². The molecule has 0 aliphatic carbocycles. The number of amides is 1. The van der Waals surface area contributed by atoms with Crippen LogP contribution in [0.15, 0.2) is 24.8 Å². The number of carboxylic acid groups (broad SMARTS) is 1. The first-order chi connectivity index (χ1) is 14.5. The molecule has 2 aliphatic rings. The van der Waals surface area contributed by atoms with E-state index in [0.717, 1.165) is 38.3 Å². The van der Waals surface area contributed by atoms with Crippen LogP contribution in [0.2, 0.25) is 0 Å². The molecule has 0 saturated carbocycles. The normalized spacial score (nSPS) is 20.9. The molecule has 4 rings (SSSR count). The SMILES string of the molecule is Cn1cc(C2CC(=O)NC23CCN(Cc2nccn2C)CC3)cn1.O=C(O)C(F)(F)F. The summed E-state index contributed by atoms with van der Waals surface area (Å²) in [6.45, 7) is 2.82. The number of hydrogen-bond donors (Lipinski definition) is 2. The molecule has 31 heavy (non-hydrogen) atoms. The zero-order valence-electron chi connectivity index (χ0n) is 17.3. The Morgan fingerprint density at radius 2 is 1.97 bits per heavy atom. The Morgan fingerprint density at radius 1 is 1.32 bits per heavy atom. The number of piperidine rings is 1. The number of carbonyl (C=O) groups is 2. The number of aryl methyl sites for hydroxylation is 2. The van der Waals surface area contributed by atoms with Gasteiger partial charge in [-0.3, -0.25) is 14.4 Å². The molecule has 1 spiro atoms. The summed E-state index contributed by atoms with van der Waals surface area (Å²) in [5, 5.41) is 14.7. The van der Waals surface area contributed by atoms with Crippen LogP contribution in [0.3, 0.4) is 0 Å². The van der Waals surface area contributed by atoms with Crippen LogP contribution in [0.5, 0.6) is 0 Å². The minimum Gasteiger partial charge on any atom is -0.475 e. The number of rotatable bonds is 3. The highest BCUT2D eigenvalue weighted by Gasteiger charge is 2.49. The number of halogens is 3. The summed E-state index contributed by atoms with van der Waals surface area (Å²) in [7, 11) is 3.96. The third kappa shape index (κ3) is 5.24. The summed E-state index contributed by atoms with van der Waals surface area (Å²) in [5.41, 5.74) is 1.06. The van der Waals surface area contributed by atoms with Crippen molar-refractivity contribution in [3.8, 4) is 0 Å². The van der Waals surface area contributed by atoms with Gasteiger partial charge in [-0.25, -0.2) is 9.78 Å². The molecule has 9 nitrogen and oxygen atoms in total. The number of nitrogens with one attached hydrogen (secondary N) is 1. The van der Waals surface area contributed by atoms with Crippen LogP contribution in [0, 0.1) is 0 Å². The molecule has 4 heterocycles. The Kier molecular flexibility index (Phi) is 6.39. The lowest BCUT2D eigenvalue weighted by Gasteiger charge is -2.42. The van der Waals surface area contributed by atoms with E-state index < -0.39 is 12.1 Å². The van der Waals surface area contributed by atoms with Crippen molar-refractivity contribution < 1.29 is 27.9 Å².